The number of aromatic nitrogens is 1. The number of amides is 2. The van der Waals surface area contributed by atoms with Crippen LogP contribution in [0.1, 0.15) is 48.9 Å². The number of carbonyl (C=O) groups is 2. The molecule has 2 N–H and O–H groups in total. The van der Waals surface area contributed by atoms with Crippen LogP contribution >= 0.6 is 0 Å². The van der Waals surface area contributed by atoms with Crippen LogP contribution in [0.5, 0.6) is 0 Å². The van der Waals surface area contributed by atoms with Crippen LogP contribution in [0.3, 0.4) is 0 Å². The predicted molar refractivity (Wildman–Crippen MR) is 68.4 cm³/mol. The fourth-order valence-electron chi connectivity index (χ4n) is 2.34. The molecule has 0 spiro atoms. The van der Waals surface area contributed by atoms with Crippen LogP contribution in [0, 0.1) is 5.92 Å². The maximum absolute atomic E-state index is 12.3. The van der Waals surface area contributed by atoms with E-state index in [1.165, 1.54) is 6.39 Å². The molecule has 6 heteroatoms. The summed E-state index contributed by atoms with van der Waals surface area (Å²) in [7, 11) is 0. The van der Waals surface area contributed by atoms with Crippen molar-refractivity contribution in [2.24, 2.45) is 11.7 Å². The van der Waals surface area contributed by atoms with Crippen LogP contribution in [0.2, 0.25) is 0 Å². The molecule has 19 heavy (non-hydrogen) atoms. The zero-order valence-corrected chi connectivity index (χ0v) is 11.3. The average molecular weight is 265 g/mol. The van der Waals surface area contributed by atoms with Crippen LogP contribution in [-0.2, 0) is 4.79 Å². The Bertz CT molecular complexity index is 473. The lowest BCUT2D eigenvalue weighted by atomic mass is 9.96. The van der Waals surface area contributed by atoms with Crippen LogP contribution in [0.25, 0.3) is 0 Å². The van der Waals surface area contributed by atoms with Gasteiger partial charge in [-0.15, -0.1) is 0 Å². The highest BCUT2D eigenvalue weighted by atomic mass is 16.3. The molecule has 2 rings (SSSR count). The Hall–Kier alpha value is -1.85. The van der Waals surface area contributed by atoms with Crippen LogP contribution in [0.15, 0.2) is 10.8 Å². The van der Waals surface area contributed by atoms with Crippen molar-refractivity contribution in [2.45, 2.75) is 32.6 Å². The second kappa shape index (κ2) is 5.42. The van der Waals surface area contributed by atoms with E-state index in [2.05, 4.69) is 4.98 Å². The van der Waals surface area contributed by atoms with E-state index in [-0.39, 0.29) is 23.7 Å². The fourth-order valence-corrected chi connectivity index (χ4v) is 2.34. The summed E-state index contributed by atoms with van der Waals surface area (Å²) in [5.74, 6) is -0.101. The first-order valence-electron chi connectivity index (χ1n) is 6.52. The fraction of sp³-hybridized carbons (Fsp3) is 0.615. The topological polar surface area (TPSA) is 89.4 Å². The molecule has 0 atom stereocenters. The minimum absolute atomic E-state index is 0.122. The summed E-state index contributed by atoms with van der Waals surface area (Å²) >= 11 is 0. The van der Waals surface area contributed by atoms with E-state index < -0.39 is 0 Å². The van der Waals surface area contributed by atoms with Gasteiger partial charge in [-0.25, -0.2) is 4.98 Å². The monoisotopic (exact) mass is 265 g/mol. The maximum atomic E-state index is 12.3. The molecule has 0 aliphatic carbocycles. The van der Waals surface area contributed by atoms with Gasteiger partial charge in [0.15, 0.2) is 6.39 Å². The van der Waals surface area contributed by atoms with Gasteiger partial charge in [-0.05, 0) is 18.8 Å². The molecular weight excluding hydrogens is 246 g/mol. The van der Waals surface area contributed by atoms with Crippen molar-refractivity contribution in [2.75, 3.05) is 13.1 Å². The lowest BCUT2D eigenvalue weighted by molar-refractivity contribution is -0.123. The lowest BCUT2D eigenvalue weighted by Gasteiger charge is -2.30. The van der Waals surface area contributed by atoms with E-state index in [0.29, 0.717) is 37.4 Å². The van der Waals surface area contributed by atoms with Gasteiger partial charge in [-0.2, -0.15) is 0 Å². The van der Waals surface area contributed by atoms with E-state index >= 15 is 0 Å². The molecule has 1 aliphatic heterocycles. The van der Waals surface area contributed by atoms with Gasteiger partial charge >= 0.3 is 0 Å². The van der Waals surface area contributed by atoms with Gasteiger partial charge in [0, 0.05) is 19.0 Å². The van der Waals surface area contributed by atoms with Gasteiger partial charge in [-0.1, -0.05) is 13.8 Å². The van der Waals surface area contributed by atoms with Gasteiger partial charge in [0.2, 0.25) is 11.7 Å². The SMILES string of the molecule is CC(C)c1ncoc1C(=O)N1CCC(C(N)=O)CC1. The molecule has 0 saturated carbocycles. The van der Waals surface area contributed by atoms with Gasteiger partial charge < -0.3 is 15.1 Å². The van der Waals surface area contributed by atoms with E-state index in [4.69, 9.17) is 10.2 Å². The zero-order chi connectivity index (χ0) is 14.0. The smallest absolute Gasteiger partial charge is 0.291 e. The third-order valence-corrected chi connectivity index (χ3v) is 3.52. The summed E-state index contributed by atoms with van der Waals surface area (Å²) in [5.41, 5.74) is 5.96. The summed E-state index contributed by atoms with van der Waals surface area (Å²) < 4.78 is 5.22. The molecule has 0 aromatic carbocycles. The van der Waals surface area contributed by atoms with Crippen molar-refractivity contribution in [3.63, 3.8) is 0 Å². The molecular formula is C13H19N3O3. The third-order valence-electron chi connectivity index (χ3n) is 3.52. The van der Waals surface area contributed by atoms with Crippen LogP contribution in [0.4, 0.5) is 0 Å². The molecule has 6 nitrogen and oxygen atoms in total. The van der Waals surface area contributed by atoms with Gasteiger partial charge in [0.05, 0.1) is 5.69 Å². The first-order chi connectivity index (χ1) is 9.00. The second-order valence-electron chi connectivity index (χ2n) is 5.19. The summed E-state index contributed by atoms with van der Waals surface area (Å²) in [6, 6.07) is 0. The number of primary amides is 1. The minimum Gasteiger partial charge on any atom is -0.438 e. The number of hydrogen-bond acceptors (Lipinski definition) is 4. The normalized spacial score (nSPS) is 16.9. The molecule has 0 unspecified atom stereocenters. The first kappa shape index (κ1) is 13.6. The van der Waals surface area contributed by atoms with Crippen molar-refractivity contribution in [1.82, 2.24) is 9.88 Å². The van der Waals surface area contributed by atoms with E-state index in [1.54, 1.807) is 4.90 Å². The Labute approximate surface area is 112 Å². The molecule has 1 aliphatic rings. The molecule has 2 amide bonds. The highest BCUT2D eigenvalue weighted by Crippen LogP contribution is 2.22. The number of nitrogens with two attached hydrogens (primary N) is 1. The number of hydrogen-bond donors (Lipinski definition) is 1. The molecule has 0 bridgehead atoms. The van der Waals surface area contributed by atoms with Gasteiger partial charge in [0.1, 0.15) is 0 Å². The Balaban J connectivity index is 2.05. The Kier molecular flexibility index (Phi) is 3.87. The van der Waals surface area contributed by atoms with Crippen molar-refractivity contribution < 1.29 is 14.0 Å². The van der Waals surface area contributed by atoms with Gasteiger partial charge in [0.25, 0.3) is 5.91 Å². The summed E-state index contributed by atoms with van der Waals surface area (Å²) in [5, 5.41) is 0. The summed E-state index contributed by atoms with van der Waals surface area (Å²) in [4.78, 5) is 29.2. The Morgan fingerprint density at radius 3 is 2.58 bits per heavy atom. The number of piperidine rings is 1. The third kappa shape index (κ3) is 2.77. The molecule has 0 radical (unpaired) electrons. The largest absolute Gasteiger partial charge is 0.438 e. The quantitative estimate of drug-likeness (QED) is 0.887. The lowest BCUT2D eigenvalue weighted by Crippen LogP contribution is -2.41. The first-order valence-corrected chi connectivity index (χ1v) is 6.52. The Morgan fingerprint density at radius 2 is 2.05 bits per heavy atom. The number of likely N-dealkylation sites (tertiary alicyclic amines) is 1. The van der Waals surface area contributed by atoms with Crippen molar-refractivity contribution in [3.05, 3.63) is 17.8 Å². The highest BCUT2D eigenvalue weighted by Gasteiger charge is 2.29. The number of oxazole rings is 1. The molecule has 2 heterocycles. The van der Waals surface area contributed by atoms with Crippen molar-refractivity contribution in [3.8, 4) is 0 Å². The van der Waals surface area contributed by atoms with E-state index in [0.717, 1.165) is 0 Å². The summed E-state index contributed by atoms with van der Waals surface area (Å²) in [6.07, 6.45) is 2.54. The maximum Gasteiger partial charge on any atom is 0.291 e. The number of rotatable bonds is 3. The van der Waals surface area contributed by atoms with Crippen LogP contribution in [-0.4, -0.2) is 34.8 Å². The standard InChI is InChI=1S/C13H19N3O3/c1-8(2)10-11(19-7-15-10)13(18)16-5-3-9(4-6-16)12(14)17/h7-9H,3-6H2,1-2H3,(H2,14,17). The van der Waals surface area contributed by atoms with Gasteiger partial charge in [-0.3, -0.25) is 9.59 Å². The minimum atomic E-state index is -0.283. The Morgan fingerprint density at radius 1 is 1.42 bits per heavy atom. The van der Waals surface area contributed by atoms with E-state index in [9.17, 15) is 9.59 Å². The number of nitrogens with zero attached hydrogens (tertiary/aromatic N) is 2. The molecule has 1 saturated heterocycles. The summed E-state index contributed by atoms with van der Waals surface area (Å²) in [6.45, 7) is 5.00. The molecule has 104 valence electrons. The van der Waals surface area contributed by atoms with Crippen molar-refractivity contribution >= 4 is 11.8 Å². The highest BCUT2D eigenvalue weighted by molar-refractivity contribution is 5.92. The zero-order valence-electron chi connectivity index (χ0n) is 11.3. The molecule has 1 fully saturated rings. The molecule has 1 aromatic heterocycles. The predicted octanol–water partition coefficient (Wildman–Crippen LogP) is 1.14. The number of carbonyl (C=O) groups excluding carboxylic acids is 2. The molecule has 1 aromatic rings. The van der Waals surface area contributed by atoms with E-state index in [1.807, 2.05) is 13.8 Å². The van der Waals surface area contributed by atoms with Crippen molar-refractivity contribution in [1.29, 1.82) is 0 Å². The average Bonchev–Trinajstić information content (AvgIpc) is 2.87. The second-order valence-corrected chi connectivity index (χ2v) is 5.19. The van der Waals surface area contributed by atoms with Crippen LogP contribution < -0.4 is 5.73 Å².